The Labute approximate surface area is 280 Å². The summed E-state index contributed by atoms with van der Waals surface area (Å²) < 4.78 is 58.3. The second-order valence-electron chi connectivity index (χ2n) is 12.7. The molecule has 3 fully saturated rings. The number of nitrogens with one attached hydrogen (secondary N) is 1. The summed E-state index contributed by atoms with van der Waals surface area (Å²) in [6.45, 7) is 2.73. The predicted octanol–water partition coefficient (Wildman–Crippen LogP) is 1.88. The van der Waals surface area contributed by atoms with Gasteiger partial charge in [-0.2, -0.15) is 9.03 Å². The SMILES string of the molecule is CN(C1CCN(C[C@@H]2CCCN2C(=O)CN2CCC[C@H](NS(=O)(=O)c3ccc4cc(Cl)ccc4c3)C2=O)C1)S(=O)(=O)c1cn(C)cn1. The van der Waals surface area contributed by atoms with Crippen LogP contribution < -0.4 is 4.72 Å². The third-order valence-corrected chi connectivity index (χ3v) is 13.0. The van der Waals surface area contributed by atoms with E-state index in [9.17, 15) is 26.4 Å². The van der Waals surface area contributed by atoms with E-state index in [1.165, 1.54) is 27.8 Å². The third-order valence-electron chi connectivity index (χ3n) is 9.49. The molecule has 0 radical (unpaired) electrons. The van der Waals surface area contributed by atoms with E-state index in [2.05, 4.69) is 14.6 Å². The third kappa shape index (κ3) is 7.20. The highest BCUT2D eigenvalue weighted by molar-refractivity contribution is 7.89. The Hall–Kier alpha value is -3.08. The van der Waals surface area contributed by atoms with E-state index in [4.69, 9.17) is 11.6 Å². The lowest BCUT2D eigenvalue weighted by molar-refractivity contribution is -0.143. The van der Waals surface area contributed by atoms with Crippen LogP contribution in [0.4, 0.5) is 0 Å². The number of fused-ring (bicyclic) bond motifs is 1. The van der Waals surface area contributed by atoms with E-state index in [1.807, 2.05) is 4.90 Å². The molecule has 254 valence electrons. The first kappa shape index (κ1) is 33.8. The first-order valence-corrected chi connectivity index (χ1v) is 19.1. The number of likely N-dealkylation sites (tertiary alicyclic amines) is 3. The summed E-state index contributed by atoms with van der Waals surface area (Å²) in [5.41, 5.74) is 0. The number of aryl methyl sites for hydroxylation is 1. The largest absolute Gasteiger partial charge is 0.339 e. The number of likely N-dealkylation sites (N-methyl/N-ethyl adjacent to an activating group) is 1. The molecule has 2 amide bonds. The van der Waals surface area contributed by atoms with Crippen LogP contribution in [0.3, 0.4) is 0 Å². The van der Waals surface area contributed by atoms with Gasteiger partial charge in [-0.1, -0.05) is 23.7 Å². The standard InChI is InChI=1S/C31H40ClN7O6S2/c1-35-19-29(33-21-35)47(44,45)36(2)25-11-14-37(17-25)18-26-5-3-13-39(26)30(40)20-38-12-4-6-28(31(38)41)34-46(42,43)27-10-8-22-15-24(32)9-7-23(22)16-27/h7-10,15-16,19,21,25-26,28,34H,3-6,11-14,17-18,20H2,1-2H3/t25?,26-,28-/m0/s1. The molecule has 3 aliphatic rings. The molecule has 47 heavy (non-hydrogen) atoms. The Morgan fingerprint density at radius 2 is 1.77 bits per heavy atom. The van der Waals surface area contributed by atoms with Crippen LogP contribution in [-0.2, 0) is 36.7 Å². The van der Waals surface area contributed by atoms with E-state index < -0.39 is 32.0 Å². The molecular formula is C31H40ClN7O6S2. The second-order valence-corrected chi connectivity index (χ2v) is 16.8. The van der Waals surface area contributed by atoms with Crippen LogP contribution in [0, 0.1) is 0 Å². The Bertz CT molecular complexity index is 1890. The van der Waals surface area contributed by atoms with Crippen molar-refractivity contribution in [2.75, 3.05) is 46.3 Å². The number of nitrogens with zero attached hydrogens (tertiary/aromatic N) is 6. The highest BCUT2D eigenvalue weighted by atomic mass is 35.5. The number of sulfonamides is 2. The molecule has 1 aromatic heterocycles. The van der Waals surface area contributed by atoms with Crippen molar-refractivity contribution in [1.82, 2.24) is 33.3 Å². The van der Waals surface area contributed by atoms with E-state index >= 15 is 0 Å². The van der Waals surface area contributed by atoms with E-state index in [-0.39, 0.29) is 34.5 Å². The van der Waals surface area contributed by atoms with Crippen molar-refractivity contribution in [3.8, 4) is 0 Å². The molecule has 0 aliphatic carbocycles. The van der Waals surface area contributed by atoms with Crippen molar-refractivity contribution in [2.24, 2.45) is 7.05 Å². The molecule has 6 rings (SSSR count). The Kier molecular flexibility index (Phi) is 9.67. The number of hydrogen-bond donors (Lipinski definition) is 1. The van der Waals surface area contributed by atoms with Crippen molar-refractivity contribution >= 4 is 54.2 Å². The number of piperidine rings is 1. The van der Waals surface area contributed by atoms with Gasteiger partial charge in [0.15, 0.2) is 5.03 Å². The van der Waals surface area contributed by atoms with E-state index in [1.54, 1.807) is 49.0 Å². The second kappa shape index (κ2) is 13.4. The van der Waals surface area contributed by atoms with Crippen LogP contribution in [-0.4, -0.2) is 122 Å². The Morgan fingerprint density at radius 3 is 2.53 bits per heavy atom. The van der Waals surface area contributed by atoms with Gasteiger partial charge in [0.1, 0.15) is 6.04 Å². The lowest BCUT2D eigenvalue weighted by Crippen LogP contribution is -2.55. The Balaban J connectivity index is 1.04. The van der Waals surface area contributed by atoms with Crippen molar-refractivity contribution in [2.45, 2.75) is 60.2 Å². The van der Waals surface area contributed by atoms with Gasteiger partial charge < -0.3 is 14.4 Å². The van der Waals surface area contributed by atoms with Crippen molar-refractivity contribution < 1.29 is 26.4 Å². The summed E-state index contributed by atoms with van der Waals surface area (Å²) in [5, 5.41) is 2.10. The zero-order valence-electron chi connectivity index (χ0n) is 26.5. The number of aromatic nitrogens is 2. The maximum Gasteiger partial charge on any atom is 0.262 e. The van der Waals surface area contributed by atoms with Crippen LogP contribution in [0.2, 0.25) is 5.02 Å². The van der Waals surface area contributed by atoms with Gasteiger partial charge in [0.05, 0.1) is 17.8 Å². The number of halogens is 1. The zero-order chi connectivity index (χ0) is 33.5. The number of benzene rings is 2. The molecule has 1 unspecified atom stereocenters. The van der Waals surface area contributed by atoms with Crippen molar-refractivity contribution in [3.05, 3.63) is 53.9 Å². The number of carbonyl (C=O) groups excluding carboxylic acids is 2. The molecule has 3 atom stereocenters. The fourth-order valence-electron chi connectivity index (χ4n) is 6.87. The minimum Gasteiger partial charge on any atom is -0.339 e. The molecule has 0 spiro atoms. The van der Waals surface area contributed by atoms with Crippen LogP contribution in [0.1, 0.15) is 32.1 Å². The molecular weight excluding hydrogens is 666 g/mol. The average molecular weight is 706 g/mol. The summed E-state index contributed by atoms with van der Waals surface area (Å²) in [6, 6.07) is 8.71. The smallest absolute Gasteiger partial charge is 0.262 e. The molecule has 13 nitrogen and oxygen atoms in total. The molecule has 2 aromatic carbocycles. The topological polar surface area (TPSA) is 145 Å². The maximum atomic E-state index is 13.5. The van der Waals surface area contributed by atoms with Crippen LogP contribution >= 0.6 is 11.6 Å². The summed E-state index contributed by atoms with van der Waals surface area (Å²) in [5.74, 6) is -0.570. The first-order chi connectivity index (χ1) is 22.3. The highest BCUT2D eigenvalue weighted by Gasteiger charge is 2.39. The average Bonchev–Trinajstić information content (AvgIpc) is 3.80. The van der Waals surface area contributed by atoms with Crippen molar-refractivity contribution in [3.63, 3.8) is 0 Å². The number of hydrogen-bond acceptors (Lipinski definition) is 8. The monoisotopic (exact) mass is 705 g/mol. The number of carbonyl (C=O) groups is 2. The summed E-state index contributed by atoms with van der Waals surface area (Å²) in [6.07, 6.45) is 6.21. The molecule has 1 N–H and O–H groups in total. The quantitative estimate of drug-likeness (QED) is 0.337. The maximum absolute atomic E-state index is 13.5. The summed E-state index contributed by atoms with van der Waals surface area (Å²) in [7, 11) is -4.40. The normalized spacial score (nSPS) is 23.0. The minimum atomic E-state index is -4.00. The van der Waals surface area contributed by atoms with Gasteiger partial charge in [-0.05, 0) is 73.7 Å². The van der Waals surface area contributed by atoms with Crippen LogP contribution in [0.25, 0.3) is 10.8 Å². The minimum absolute atomic E-state index is 0.0234. The Morgan fingerprint density at radius 1 is 1.02 bits per heavy atom. The fourth-order valence-corrected chi connectivity index (χ4v) is 9.65. The number of imidazole rings is 1. The lowest BCUT2D eigenvalue weighted by atomic mass is 10.1. The van der Waals surface area contributed by atoms with Gasteiger partial charge in [-0.15, -0.1) is 0 Å². The molecule has 4 heterocycles. The lowest BCUT2D eigenvalue weighted by Gasteiger charge is -2.35. The predicted molar refractivity (Wildman–Crippen MR) is 177 cm³/mol. The molecule has 0 saturated carbocycles. The van der Waals surface area contributed by atoms with E-state index in [0.717, 1.165) is 18.2 Å². The fraction of sp³-hybridized carbons (Fsp3) is 0.516. The molecule has 3 aromatic rings. The van der Waals surface area contributed by atoms with Gasteiger partial charge in [0.2, 0.25) is 21.8 Å². The van der Waals surface area contributed by atoms with Crippen LogP contribution in [0.5, 0.6) is 0 Å². The van der Waals surface area contributed by atoms with Gasteiger partial charge >= 0.3 is 0 Å². The van der Waals surface area contributed by atoms with Gasteiger partial charge in [0.25, 0.3) is 10.0 Å². The van der Waals surface area contributed by atoms with Gasteiger partial charge in [-0.25, -0.2) is 21.8 Å². The van der Waals surface area contributed by atoms with Crippen molar-refractivity contribution in [1.29, 1.82) is 0 Å². The zero-order valence-corrected chi connectivity index (χ0v) is 28.8. The summed E-state index contributed by atoms with van der Waals surface area (Å²) >= 11 is 6.05. The van der Waals surface area contributed by atoms with E-state index in [0.29, 0.717) is 62.4 Å². The number of amides is 2. The van der Waals surface area contributed by atoms with Crippen LogP contribution in [0.15, 0.2) is 58.8 Å². The molecule has 3 saturated heterocycles. The molecule has 16 heteroatoms. The van der Waals surface area contributed by atoms with Gasteiger partial charge in [-0.3, -0.25) is 14.5 Å². The molecule has 0 bridgehead atoms. The highest BCUT2D eigenvalue weighted by Crippen LogP contribution is 2.26. The number of rotatable bonds is 10. The first-order valence-electron chi connectivity index (χ1n) is 15.8. The molecule has 3 aliphatic heterocycles. The summed E-state index contributed by atoms with van der Waals surface area (Å²) in [4.78, 5) is 36.5. The van der Waals surface area contributed by atoms with Gasteiger partial charge in [0, 0.05) is 63.6 Å².